The summed E-state index contributed by atoms with van der Waals surface area (Å²) in [6.07, 6.45) is 2.57. The molecule has 16 heavy (non-hydrogen) atoms. The fourth-order valence-electron chi connectivity index (χ4n) is 1.90. The molecular formula is C12H14Br2O2. The first kappa shape index (κ1) is 12.4. The maximum atomic E-state index is 5.67. The predicted octanol–water partition coefficient (Wildman–Crippen LogP) is 4.07. The van der Waals surface area contributed by atoms with Crippen molar-refractivity contribution >= 4 is 31.9 Å². The van der Waals surface area contributed by atoms with Crippen LogP contribution in [0.3, 0.4) is 0 Å². The van der Waals surface area contributed by atoms with Gasteiger partial charge in [-0.25, -0.2) is 0 Å². The number of ether oxygens (including phenoxy) is 2. The van der Waals surface area contributed by atoms with Crippen LogP contribution in [0.15, 0.2) is 22.7 Å². The summed E-state index contributed by atoms with van der Waals surface area (Å²) >= 11 is 7.20. The van der Waals surface area contributed by atoms with E-state index in [0.29, 0.717) is 6.10 Å². The second kappa shape index (κ2) is 5.52. The Bertz CT molecular complexity index is 362. The van der Waals surface area contributed by atoms with Crippen molar-refractivity contribution in [3.05, 3.63) is 28.2 Å². The van der Waals surface area contributed by atoms with E-state index >= 15 is 0 Å². The van der Waals surface area contributed by atoms with E-state index in [9.17, 15) is 0 Å². The zero-order valence-corrected chi connectivity index (χ0v) is 12.3. The van der Waals surface area contributed by atoms with Gasteiger partial charge >= 0.3 is 0 Å². The van der Waals surface area contributed by atoms with Crippen molar-refractivity contribution in [2.24, 2.45) is 0 Å². The normalized spacial score (nSPS) is 22.1. The highest BCUT2D eigenvalue weighted by atomic mass is 79.9. The third-order valence-electron chi connectivity index (χ3n) is 2.79. The molecule has 0 bridgehead atoms. The van der Waals surface area contributed by atoms with E-state index in [4.69, 9.17) is 9.47 Å². The Balaban J connectivity index is 2.16. The summed E-state index contributed by atoms with van der Waals surface area (Å²) in [4.78, 5) is 0.261. The highest BCUT2D eigenvalue weighted by Gasteiger charge is 2.25. The lowest BCUT2D eigenvalue weighted by molar-refractivity contribution is 0.110. The van der Waals surface area contributed by atoms with E-state index < -0.39 is 0 Å². The predicted molar refractivity (Wildman–Crippen MR) is 71.3 cm³/mol. The van der Waals surface area contributed by atoms with E-state index in [1.54, 1.807) is 7.11 Å². The van der Waals surface area contributed by atoms with Crippen LogP contribution in [-0.2, 0) is 4.74 Å². The summed E-state index contributed by atoms with van der Waals surface area (Å²) in [5.74, 6) is 0.857. The summed E-state index contributed by atoms with van der Waals surface area (Å²) in [6, 6.07) is 6.13. The summed E-state index contributed by atoms with van der Waals surface area (Å²) in [6.45, 7) is 0.879. The van der Waals surface area contributed by atoms with Crippen LogP contribution in [0.4, 0.5) is 0 Å². The van der Waals surface area contributed by atoms with E-state index in [1.165, 1.54) is 5.56 Å². The van der Waals surface area contributed by atoms with Gasteiger partial charge in [-0.15, -0.1) is 0 Å². The lowest BCUT2D eigenvalue weighted by atomic mass is 10.1. The lowest BCUT2D eigenvalue weighted by Crippen LogP contribution is -2.12. The van der Waals surface area contributed by atoms with Gasteiger partial charge in [0.2, 0.25) is 0 Å². The lowest BCUT2D eigenvalue weighted by Gasteiger charge is -2.18. The number of hydrogen-bond acceptors (Lipinski definition) is 2. The van der Waals surface area contributed by atoms with Gasteiger partial charge in [-0.1, -0.05) is 22.0 Å². The Kier molecular flexibility index (Phi) is 4.27. The number of methoxy groups -OCH3 is 1. The maximum Gasteiger partial charge on any atom is 0.133 e. The van der Waals surface area contributed by atoms with E-state index in [0.717, 1.165) is 29.7 Å². The van der Waals surface area contributed by atoms with Gasteiger partial charge in [0.1, 0.15) is 5.75 Å². The van der Waals surface area contributed by atoms with Gasteiger partial charge in [0, 0.05) is 6.61 Å². The van der Waals surface area contributed by atoms with E-state index in [1.807, 2.05) is 6.07 Å². The van der Waals surface area contributed by atoms with Crippen molar-refractivity contribution < 1.29 is 9.47 Å². The molecule has 0 aromatic heterocycles. The second-order valence-electron chi connectivity index (χ2n) is 3.85. The molecule has 2 nitrogen and oxygen atoms in total. The Morgan fingerprint density at radius 2 is 2.31 bits per heavy atom. The molecule has 0 aliphatic carbocycles. The minimum atomic E-state index is 0.261. The van der Waals surface area contributed by atoms with Crippen LogP contribution in [0, 0.1) is 0 Å². The number of rotatable bonds is 3. The van der Waals surface area contributed by atoms with Crippen molar-refractivity contribution in [3.63, 3.8) is 0 Å². The molecule has 1 aliphatic rings. The first-order valence-corrected chi connectivity index (χ1v) is 7.02. The highest BCUT2D eigenvalue weighted by Crippen LogP contribution is 2.37. The third-order valence-corrected chi connectivity index (χ3v) is 4.52. The van der Waals surface area contributed by atoms with Crippen LogP contribution in [0.1, 0.15) is 23.2 Å². The minimum Gasteiger partial charge on any atom is -0.496 e. The molecule has 1 aromatic rings. The van der Waals surface area contributed by atoms with Crippen LogP contribution >= 0.6 is 31.9 Å². The van der Waals surface area contributed by atoms with Gasteiger partial charge in [-0.3, -0.25) is 0 Å². The molecule has 2 atom stereocenters. The molecule has 2 rings (SSSR count). The summed E-state index contributed by atoms with van der Waals surface area (Å²) in [5, 5.41) is 0. The topological polar surface area (TPSA) is 18.5 Å². The quantitative estimate of drug-likeness (QED) is 0.766. The van der Waals surface area contributed by atoms with Crippen LogP contribution in [0.2, 0.25) is 0 Å². The molecule has 1 aromatic carbocycles. The molecule has 1 saturated heterocycles. The molecule has 0 radical (unpaired) electrons. The van der Waals surface area contributed by atoms with Crippen LogP contribution < -0.4 is 4.74 Å². The smallest absolute Gasteiger partial charge is 0.133 e. The molecule has 1 fully saturated rings. The van der Waals surface area contributed by atoms with Gasteiger partial charge in [-0.2, -0.15) is 0 Å². The number of benzene rings is 1. The van der Waals surface area contributed by atoms with Crippen LogP contribution in [0.25, 0.3) is 0 Å². The minimum absolute atomic E-state index is 0.261. The average Bonchev–Trinajstić information content (AvgIpc) is 2.81. The van der Waals surface area contributed by atoms with Gasteiger partial charge < -0.3 is 9.47 Å². The highest BCUT2D eigenvalue weighted by molar-refractivity contribution is 9.10. The number of hydrogen-bond donors (Lipinski definition) is 0. The standard InChI is InChI=1S/C12H14Br2O2/c1-15-10-5-4-8(7-9(10)13)12(14)11-3-2-6-16-11/h4-5,7,11-12H,2-3,6H2,1H3. The van der Waals surface area contributed by atoms with Crippen molar-refractivity contribution in [2.75, 3.05) is 13.7 Å². The third kappa shape index (κ3) is 2.60. The molecule has 2 unspecified atom stereocenters. The maximum absolute atomic E-state index is 5.67. The molecule has 0 spiro atoms. The van der Waals surface area contributed by atoms with Crippen molar-refractivity contribution in [3.8, 4) is 5.75 Å². The fraction of sp³-hybridized carbons (Fsp3) is 0.500. The molecular weight excluding hydrogens is 336 g/mol. The Hall–Kier alpha value is -0.0600. The molecule has 0 saturated carbocycles. The molecule has 0 N–H and O–H groups in total. The summed E-state index contributed by atoms with van der Waals surface area (Å²) < 4.78 is 11.9. The monoisotopic (exact) mass is 348 g/mol. The molecule has 1 heterocycles. The van der Waals surface area contributed by atoms with Gasteiger partial charge in [0.15, 0.2) is 0 Å². The zero-order chi connectivity index (χ0) is 11.5. The average molecular weight is 350 g/mol. The first-order valence-electron chi connectivity index (χ1n) is 5.31. The SMILES string of the molecule is COc1ccc(C(Br)C2CCCO2)cc1Br. The van der Waals surface area contributed by atoms with Crippen LogP contribution in [-0.4, -0.2) is 19.8 Å². The Labute approximate surface area is 113 Å². The Morgan fingerprint density at radius 3 is 2.88 bits per heavy atom. The molecule has 1 aliphatic heterocycles. The zero-order valence-electron chi connectivity index (χ0n) is 9.08. The summed E-state index contributed by atoms with van der Waals surface area (Å²) in [7, 11) is 1.67. The van der Waals surface area contributed by atoms with Crippen LogP contribution in [0.5, 0.6) is 5.75 Å². The Morgan fingerprint density at radius 1 is 1.50 bits per heavy atom. The van der Waals surface area contributed by atoms with Gasteiger partial charge in [0.25, 0.3) is 0 Å². The number of alkyl halides is 1. The van der Waals surface area contributed by atoms with Crippen molar-refractivity contribution in [2.45, 2.75) is 23.8 Å². The van der Waals surface area contributed by atoms with Gasteiger partial charge in [-0.05, 0) is 46.5 Å². The first-order chi connectivity index (χ1) is 7.72. The fourth-order valence-corrected chi connectivity index (χ4v) is 3.16. The van der Waals surface area contributed by atoms with Crippen molar-refractivity contribution in [1.82, 2.24) is 0 Å². The second-order valence-corrected chi connectivity index (χ2v) is 5.69. The largest absolute Gasteiger partial charge is 0.496 e. The molecule has 0 amide bonds. The van der Waals surface area contributed by atoms with E-state index in [2.05, 4.69) is 44.0 Å². The molecule has 88 valence electrons. The van der Waals surface area contributed by atoms with E-state index in [-0.39, 0.29) is 4.83 Å². The summed E-state index contributed by atoms with van der Waals surface area (Å²) in [5.41, 5.74) is 1.22. The van der Waals surface area contributed by atoms with Gasteiger partial charge in [0.05, 0.1) is 22.5 Å². The van der Waals surface area contributed by atoms with Crippen molar-refractivity contribution in [1.29, 1.82) is 0 Å². The number of halogens is 2. The molecule has 4 heteroatoms.